The van der Waals surface area contributed by atoms with Crippen molar-refractivity contribution in [3.05, 3.63) is 59.2 Å². The van der Waals surface area contributed by atoms with Crippen LogP contribution >= 0.6 is 0 Å². The number of hydrogen-bond acceptors (Lipinski definition) is 4. The lowest BCUT2D eigenvalue weighted by molar-refractivity contribution is 0.120. The first-order valence-electron chi connectivity index (χ1n) is 10.6. The Morgan fingerprint density at radius 1 is 1.00 bits per heavy atom. The monoisotopic (exact) mass is 390 g/mol. The summed E-state index contributed by atoms with van der Waals surface area (Å²) in [5, 5.41) is 10.1. The van der Waals surface area contributed by atoms with Crippen molar-refractivity contribution in [1.29, 1.82) is 5.26 Å². The van der Waals surface area contributed by atoms with Crippen molar-refractivity contribution in [2.75, 3.05) is 21.3 Å². The maximum absolute atomic E-state index is 10.1. The largest absolute Gasteiger partial charge is 0.493 e. The third-order valence-electron chi connectivity index (χ3n) is 7.13. The maximum atomic E-state index is 10.1. The van der Waals surface area contributed by atoms with E-state index in [9.17, 15) is 5.26 Å². The van der Waals surface area contributed by atoms with E-state index in [-0.39, 0.29) is 0 Å². The molecule has 152 valence electrons. The van der Waals surface area contributed by atoms with E-state index in [1.165, 1.54) is 24.0 Å². The maximum Gasteiger partial charge on any atom is 0.161 e. The lowest BCUT2D eigenvalue weighted by atomic mass is 9.69. The van der Waals surface area contributed by atoms with Crippen molar-refractivity contribution in [2.24, 2.45) is 0 Å². The lowest BCUT2D eigenvalue weighted by Gasteiger charge is -2.41. The third kappa shape index (κ3) is 3.49. The summed E-state index contributed by atoms with van der Waals surface area (Å²) in [5.74, 6) is 1.40. The lowest BCUT2D eigenvalue weighted by Crippen LogP contribution is -2.41. The highest BCUT2D eigenvalue weighted by Gasteiger charge is 2.40. The van der Waals surface area contributed by atoms with Crippen LogP contribution in [0, 0.1) is 11.3 Å². The van der Waals surface area contributed by atoms with Crippen LogP contribution in [-0.4, -0.2) is 32.2 Å². The highest BCUT2D eigenvalue weighted by atomic mass is 16.5. The van der Waals surface area contributed by atoms with Gasteiger partial charge in [0, 0.05) is 12.1 Å². The Kier molecular flexibility index (Phi) is 5.52. The van der Waals surface area contributed by atoms with Crippen LogP contribution in [0.5, 0.6) is 11.5 Å². The topological polar surface area (TPSA) is 45.5 Å². The number of hydrogen-bond donors (Lipinski definition) is 0. The molecule has 0 amide bonds. The van der Waals surface area contributed by atoms with Gasteiger partial charge in [0.25, 0.3) is 0 Å². The van der Waals surface area contributed by atoms with Gasteiger partial charge >= 0.3 is 0 Å². The van der Waals surface area contributed by atoms with Gasteiger partial charge in [-0.2, -0.15) is 5.26 Å². The standard InChI is InChI=1S/C25H30N2O2/c1-27(22-10-8-18-6-4-5-7-21(18)22)20-12-14-25(17-26,15-13-20)19-9-11-23(28-2)24(16-19)29-3/h4-7,9,11,16,20,22H,8,10,12-15H2,1-3H3. The molecule has 0 spiro atoms. The Labute approximate surface area is 174 Å². The van der Waals surface area contributed by atoms with Crippen LogP contribution in [0.4, 0.5) is 0 Å². The molecule has 1 atom stereocenters. The molecule has 4 heteroatoms. The van der Waals surface area contributed by atoms with Gasteiger partial charge in [0.15, 0.2) is 11.5 Å². The number of aryl methyl sites for hydroxylation is 1. The fourth-order valence-corrected chi connectivity index (χ4v) is 5.31. The summed E-state index contributed by atoms with van der Waals surface area (Å²) in [6.45, 7) is 0. The number of nitrogens with zero attached hydrogens (tertiary/aromatic N) is 2. The number of rotatable bonds is 5. The number of benzene rings is 2. The molecule has 4 nitrogen and oxygen atoms in total. The fraction of sp³-hybridized carbons (Fsp3) is 0.480. The molecule has 2 aliphatic carbocycles. The van der Waals surface area contributed by atoms with E-state index < -0.39 is 5.41 Å². The van der Waals surface area contributed by atoms with E-state index in [0.717, 1.165) is 31.2 Å². The molecule has 2 aromatic rings. The van der Waals surface area contributed by atoms with E-state index in [1.54, 1.807) is 14.2 Å². The molecule has 0 bridgehead atoms. The van der Waals surface area contributed by atoms with Gasteiger partial charge in [0.2, 0.25) is 0 Å². The molecule has 1 unspecified atom stereocenters. The Morgan fingerprint density at radius 3 is 2.41 bits per heavy atom. The van der Waals surface area contributed by atoms with Crippen LogP contribution < -0.4 is 9.47 Å². The zero-order chi connectivity index (χ0) is 20.4. The second-order valence-electron chi connectivity index (χ2n) is 8.41. The van der Waals surface area contributed by atoms with E-state index in [2.05, 4.69) is 42.3 Å². The summed E-state index contributed by atoms with van der Waals surface area (Å²) in [4.78, 5) is 2.57. The van der Waals surface area contributed by atoms with Crippen molar-refractivity contribution >= 4 is 0 Å². The predicted octanol–water partition coefficient (Wildman–Crippen LogP) is 5.03. The van der Waals surface area contributed by atoms with Crippen molar-refractivity contribution in [3.63, 3.8) is 0 Å². The number of ether oxygens (including phenoxy) is 2. The quantitative estimate of drug-likeness (QED) is 0.718. The molecule has 0 N–H and O–H groups in total. The van der Waals surface area contributed by atoms with Gasteiger partial charge in [0.05, 0.1) is 25.7 Å². The molecule has 0 aromatic heterocycles. The molecular formula is C25H30N2O2. The van der Waals surface area contributed by atoms with Crippen LogP contribution in [-0.2, 0) is 11.8 Å². The first kappa shape index (κ1) is 19.8. The Hall–Kier alpha value is -2.51. The van der Waals surface area contributed by atoms with Gasteiger partial charge in [-0.1, -0.05) is 30.3 Å². The van der Waals surface area contributed by atoms with Crippen LogP contribution in [0.3, 0.4) is 0 Å². The summed E-state index contributed by atoms with van der Waals surface area (Å²) < 4.78 is 10.8. The Morgan fingerprint density at radius 2 is 1.72 bits per heavy atom. The summed E-state index contributed by atoms with van der Waals surface area (Å²) in [6.07, 6.45) is 6.20. The number of fused-ring (bicyclic) bond motifs is 1. The first-order chi connectivity index (χ1) is 14.1. The summed E-state index contributed by atoms with van der Waals surface area (Å²) >= 11 is 0. The molecule has 29 heavy (non-hydrogen) atoms. The van der Waals surface area contributed by atoms with Gasteiger partial charge in [-0.05, 0) is 74.4 Å². The SMILES string of the molecule is COc1ccc(C2(C#N)CCC(N(C)C3CCc4ccccc43)CC2)cc1OC. The van der Waals surface area contributed by atoms with Crippen molar-refractivity contribution < 1.29 is 9.47 Å². The summed E-state index contributed by atoms with van der Waals surface area (Å²) in [6, 6.07) is 18.5. The molecule has 0 radical (unpaired) electrons. The molecule has 1 fully saturated rings. The smallest absolute Gasteiger partial charge is 0.161 e. The van der Waals surface area contributed by atoms with Gasteiger partial charge < -0.3 is 9.47 Å². The van der Waals surface area contributed by atoms with Crippen molar-refractivity contribution in [2.45, 2.75) is 56.0 Å². The van der Waals surface area contributed by atoms with Crippen molar-refractivity contribution in [3.8, 4) is 17.6 Å². The molecular weight excluding hydrogens is 360 g/mol. The number of nitriles is 1. The minimum absolute atomic E-state index is 0.440. The molecule has 2 aromatic carbocycles. The van der Waals surface area contributed by atoms with E-state index in [1.807, 2.05) is 18.2 Å². The number of methoxy groups -OCH3 is 2. The van der Waals surface area contributed by atoms with Crippen LogP contribution in [0.2, 0.25) is 0 Å². The van der Waals surface area contributed by atoms with Crippen LogP contribution in [0.25, 0.3) is 0 Å². The minimum Gasteiger partial charge on any atom is -0.493 e. The third-order valence-corrected chi connectivity index (χ3v) is 7.13. The molecule has 2 aliphatic rings. The molecule has 0 heterocycles. The van der Waals surface area contributed by atoms with E-state index >= 15 is 0 Å². The zero-order valence-corrected chi connectivity index (χ0v) is 17.6. The average Bonchev–Trinajstić information content (AvgIpc) is 3.22. The van der Waals surface area contributed by atoms with Crippen molar-refractivity contribution in [1.82, 2.24) is 4.90 Å². The van der Waals surface area contributed by atoms with Gasteiger partial charge in [-0.3, -0.25) is 4.90 Å². The van der Waals surface area contributed by atoms with E-state index in [0.29, 0.717) is 23.6 Å². The Balaban J connectivity index is 1.50. The first-order valence-corrected chi connectivity index (χ1v) is 10.6. The zero-order valence-electron chi connectivity index (χ0n) is 17.6. The summed E-state index contributed by atoms with van der Waals surface area (Å²) in [5.41, 5.74) is 3.60. The second-order valence-corrected chi connectivity index (χ2v) is 8.41. The van der Waals surface area contributed by atoms with Gasteiger partial charge in [-0.15, -0.1) is 0 Å². The highest BCUT2D eigenvalue weighted by molar-refractivity contribution is 5.47. The summed E-state index contributed by atoms with van der Waals surface area (Å²) in [7, 11) is 5.55. The van der Waals surface area contributed by atoms with Crippen LogP contribution in [0.15, 0.2) is 42.5 Å². The van der Waals surface area contributed by atoms with Gasteiger partial charge in [0.1, 0.15) is 0 Å². The molecule has 0 aliphatic heterocycles. The highest BCUT2D eigenvalue weighted by Crippen LogP contribution is 2.45. The molecule has 1 saturated carbocycles. The molecule has 4 rings (SSSR count). The fourth-order valence-electron chi connectivity index (χ4n) is 5.31. The average molecular weight is 391 g/mol. The normalized spacial score (nSPS) is 26.0. The minimum atomic E-state index is -0.440. The van der Waals surface area contributed by atoms with E-state index in [4.69, 9.17) is 9.47 Å². The van der Waals surface area contributed by atoms with Crippen LogP contribution in [0.1, 0.15) is 54.8 Å². The predicted molar refractivity (Wildman–Crippen MR) is 114 cm³/mol. The van der Waals surface area contributed by atoms with Gasteiger partial charge in [-0.25, -0.2) is 0 Å². The molecule has 0 saturated heterocycles. The Bertz CT molecular complexity index is 909. The second kappa shape index (κ2) is 8.08.